The van der Waals surface area contributed by atoms with Crippen LogP contribution in [-0.4, -0.2) is 23.1 Å². The number of nitrogens with zero attached hydrogens (tertiary/aromatic N) is 2. The van der Waals surface area contributed by atoms with Crippen LogP contribution in [0.2, 0.25) is 0 Å². The number of amides is 1. The van der Waals surface area contributed by atoms with Crippen LogP contribution in [0.15, 0.2) is 66.4 Å². The lowest BCUT2D eigenvalue weighted by atomic mass is 10.1. The second kappa shape index (κ2) is 9.19. The maximum absolute atomic E-state index is 12.4. The zero-order chi connectivity index (χ0) is 18.9. The highest BCUT2D eigenvalue weighted by Crippen LogP contribution is 2.13. The Kier molecular flexibility index (Phi) is 6.69. The maximum Gasteiger partial charge on any atom is 0.267 e. The number of anilines is 1. The average Bonchev–Trinajstić information content (AvgIpc) is 2.65. The van der Waals surface area contributed by atoms with Gasteiger partial charge in [0.15, 0.2) is 5.78 Å². The van der Waals surface area contributed by atoms with Crippen LogP contribution >= 0.6 is 0 Å². The van der Waals surface area contributed by atoms with Gasteiger partial charge in [0.25, 0.3) is 5.91 Å². The van der Waals surface area contributed by atoms with E-state index in [1.807, 2.05) is 48.2 Å². The maximum atomic E-state index is 12.4. The lowest BCUT2D eigenvalue weighted by molar-refractivity contribution is -0.112. The van der Waals surface area contributed by atoms with E-state index < -0.39 is 5.91 Å². The minimum absolute atomic E-state index is 0.0102. The van der Waals surface area contributed by atoms with Gasteiger partial charge >= 0.3 is 0 Å². The first-order valence-electron chi connectivity index (χ1n) is 8.35. The van der Waals surface area contributed by atoms with E-state index in [1.165, 1.54) is 6.92 Å². The average molecular weight is 347 g/mol. The molecule has 0 spiro atoms. The third-order valence-electron chi connectivity index (χ3n) is 3.84. The summed E-state index contributed by atoms with van der Waals surface area (Å²) in [5.41, 5.74) is 2.09. The van der Waals surface area contributed by atoms with Crippen molar-refractivity contribution in [1.29, 1.82) is 5.26 Å². The lowest BCUT2D eigenvalue weighted by Crippen LogP contribution is -2.21. The molecule has 2 aromatic rings. The molecular weight excluding hydrogens is 326 g/mol. The van der Waals surface area contributed by atoms with E-state index in [4.69, 9.17) is 0 Å². The van der Waals surface area contributed by atoms with Crippen molar-refractivity contribution < 1.29 is 9.59 Å². The van der Waals surface area contributed by atoms with Gasteiger partial charge in [-0.15, -0.1) is 0 Å². The van der Waals surface area contributed by atoms with Gasteiger partial charge in [0.05, 0.1) is 0 Å². The Morgan fingerprint density at radius 1 is 1.15 bits per heavy atom. The molecule has 2 rings (SSSR count). The Labute approximate surface area is 153 Å². The molecule has 0 aliphatic carbocycles. The fraction of sp³-hybridized carbons (Fsp3) is 0.190. The number of nitriles is 1. The molecule has 0 aliphatic rings. The van der Waals surface area contributed by atoms with E-state index in [1.54, 1.807) is 30.5 Å². The quantitative estimate of drug-likeness (QED) is 0.470. The van der Waals surface area contributed by atoms with E-state index in [0.29, 0.717) is 24.3 Å². The predicted molar refractivity (Wildman–Crippen MR) is 101 cm³/mol. The van der Waals surface area contributed by atoms with Crippen LogP contribution in [0.1, 0.15) is 29.8 Å². The van der Waals surface area contributed by atoms with E-state index in [0.717, 1.165) is 5.56 Å². The molecule has 0 fully saturated rings. The zero-order valence-electron chi connectivity index (χ0n) is 14.9. The van der Waals surface area contributed by atoms with Gasteiger partial charge in [0.2, 0.25) is 0 Å². The van der Waals surface area contributed by atoms with E-state index in [9.17, 15) is 14.9 Å². The molecule has 5 nitrogen and oxygen atoms in total. The highest BCUT2D eigenvalue weighted by atomic mass is 16.1. The van der Waals surface area contributed by atoms with E-state index >= 15 is 0 Å². The van der Waals surface area contributed by atoms with Crippen LogP contribution in [0.3, 0.4) is 0 Å². The number of hydrogen-bond acceptors (Lipinski definition) is 4. The van der Waals surface area contributed by atoms with Gasteiger partial charge in [-0.25, -0.2) is 0 Å². The fourth-order valence-electron chi connectivity index (χ4n) is 2.40. The summed E-state index contributed by atoms with van der Waals surface area (Å²) in [4.78, 5) is 25.8. The summed E-state index contributed by atoms with van der Waals surface area (Å²) >= 11 is 0. The van der Waals surface area contributed by atoms with Crippen LogP contribution in [0, 0.1) is 11.3 Å². The topological polar surface area (TPSA) is 73.2 Å². The molecule has 0 saturated carbocycles. The number of carbonyl (C=O) groups excluding carboxylic acids is 2. The monoisotopic (exact) mass is 347 g/mol. The highest BCUT2D eigenvalue weighted by Gasteiger charge is 2.12. The number of ketones is 1. The molecule has 2 aromatic carbocycles. The van der Waals surface area contributed by atoms with E-state index in [2.05, 4.69) is 5.32 Å². The molecule has 0 unspecified atom stereocenters. The molecule has 1 N–H and O–H groups in total. The molecule has 132 valence electrons. The van der Waals surface area contributed by atoms with Crippen LogP contribution in [-0.2, 0) is 11.3 Å². The molecule has 0 aromatic heterocycles. The highest BCUT2D eigenvalue weighted by molar-refractivity contribution is 6.07. The molecule has 26 heavy (non-hydrogen) atoms. The van der Waals surface area contributed by atoms with Gasteiger partial charge in [-0.2, -0.15) is 5.26 Å². The number of benzene rings is 2. The van der Waals surface area contributed by atoms with Gasteiger partial charge in [0, 0.05) is 30.5 Å². The van der Waals surface area contributed by atoms with Crippen molar-refractivity contribution in [2.75, 3.05) is 11.9 Å². The van der Waals surface area contributed by atoms with Crippen molar-refractivity contribution in [1.82, 2.24) is 4.90 Å². The Hall–Kier alpha value is -3.39. The van der Waals surface area contributed by atoms with Crippen LogP contribution < -0.4 is 5.32 Å². The number of rotatable bonds is 7. The largest absolute Gasteiger partial charge is 0.372 e. The summed E-state index contributed by atoms with van der Waals surface area (Å²) in [5.74, 6) is -0.586. The molecule has 0 aliphatic heterocycles. The van der Waals surface area contributed by atoms with Gasteiger partial charge < -0.3 is 10.2 Å². The minimum atomic E-state index is -0.500. The van der Waals surface area contributed by atoms with Gasteiger partial charge in [-0.1, -0.05) is 42.5 Å². The third-order valence-corrected chi connectivity index (χ3v) is 3.84. The van der Waals surface area contributed by atoms with Crippen molar-refractivity contribution in [2.24, 2.45) is 0 Å². The Morgan fingerprint density at radius 3 is 2.50 bits per heavy atom. The Balaban J connectivity index is 2.14. The van der Waals surface area contributed by atoms with Crippen molar-refractivity contribution in [2.45, 2.75) is 20.4 Å². The summed E-state index contributed by atoms with van der Waals surface area (Å²) in [6, 6.07) is 18.4. The molecule has 0 bridgehead atoms. The molecule has 0 saturated heterocycles. The van der Waals surface area contributed by atoms with Crippen molar-refractivity contribution in [3.05, 3.63) is 77.5 Å². The number of nitrogens with one attached hydrogen (secondary N) is 1. The molecular formula is C21H21N3O2. The standard InChI is InChI=1S/C21H21N3O2/c1-3-24(14-17-8-5-4-6-9-17)15-19(13-22)21(26)23-20-11-7-10-18(12-20)16(2)25/h4-12,15H,3,14H2,1-2H3,(H,23,26)/b19-15-. The summed E-state index contributed by atoms with van der Waals surface area (Å²) < 4.78 is 0. The smallest absolute Gasteiger partial charge is 0.267 e. The third kappa shape index (κ3) is 5.32. The second-order valence-electron chi connectivity index (χ2n) is 5.79. The van der Waals surface area contributed by atoms with Crippen LogP contribution in [0.4, 0.5) is 5.69 Å². The first-order valence-corrected chi connectivity index (χ1v) is 8.35. The van der Waals surface area contributed by atoms with Crippen LogP contribution in [0.5, 0.6) is 0 Å². The van der Waals surface area contributed by atoms with Gasteiger partial charge in [0.1, 0.15) is 11.6 Å². The summed E-state index contributed by atoms with van der Waals surface area (Å²) in [6.45, 7) is 4.69. The number of Topliss-reactive ketones (excluding diaryl/α,β-unsaturated/α-hetero) is 1. The summed E-state index contributed by atoms with van der Waals surface area (Å²) in [5, 5.41) is 12.0. The zero-order valence-corrected chi connectivity index (χ0v) is 14.9. The molecule has 0 radical (unpaired) electrons. The number of carbonyl (C=O) groups is 2. The normalized spacial score (nSPS) is 10.7. The summed E-state index contributed by atoms with van der Waals surface area (Å²) in [6.07, 6.45) is 1.57. The molecule has 5 heteroatoms. The lowest BCUT2D eigenvalue weighted by Gasteiger charge is -2.19. The first-order chi connectivity index (χ1) is 12.5. The van der Waals surface area contributed by atoms with Gasteiger partial charge in [-0.3, -0.25) is 9.59 Å². The van der Waals surface area contributed by atoms with Crippen LogP contribution in [0.25, 0.3) is 0 Å². The van der Waals surface area contributed by atoms with E-state index in [-0.39, 0.29) is 11.4 Å². The van der Waals surface area contributed by atoms with Crippen molar-refractivity contribution in [3.63, 3.8) is 0 Å². The van der Waals surface area contributed by atoms with Crippen molar-refractivity contribution >= 4 is 17.4 Å². The number of hydrogen-bond donors (Lipinski definition) is 1. The molecule has 0 heterocycles. The Bertz CT molecular complexity index is 851. The van der Waals surface area contributed by atoms with Gasteiger partial charge in [-0.05, 0) is 31.5 Å². The Morgan fingerprint density at radius 2 is 1.88 bits per heavy atom. The fourth-order valence-corrected chi connectivity index (χ4v) is 2.40. The minimum Gasteiger partial charge on any atom is -0.372 e. The SMILES string of the molecule is CCN(/C=C(/C#N)C(=O)Nc1cccc(C(C)=O)c1)Cc1ccccc1. The summed E-state index contributed by atoms with van der Waals surface area (Å²) in [7, 11) is 0. The second-order valence-corrected chi connectivity index (χ2v) is 5.79. The predicted octanol–water partition coefficient (Wildman–Crippen LogP) is 3.76. The van der Waals surface area contributed by atoms with Crippen molar-refractivity contribution in [3.8, 4) is 6.07 Å². The molecule has 1 amide bonds. The molecule has 0 atom stereocenters. The first kappa shape index (κ1) is 18.9.